The number of pyridine rings is 1. The van der Waals surface area contributed by atoms with Crippen molar-refractivity contribution in [1.82, 2.24) is 4.98 Å². The number of aromatic nitrogens is 1. The Morgan fingerprint density at radius 1 is 1.00 bits per heavy atom. The number of hydrogen-bond donors (Lipinski definition) is 0. The maximum atomic E-state index is 13.2. The van der Waals surface area contributed by atoms with Gasteiger partial charge in [0, 0.05) is 11.1 Å². The van der Waals surface area contributed by atoms with Crippen LogP contribution in [0.5, 0.6) is 5.75 Å². The lowest BCUT2D eigenvalue weighted by atomic mass is 9.90. The van der Waals surface area contributed by atoms with E-state index in [9.17, 15) is 13.2 Å². The molecule has 0 amide bonds. The number of hydrogen-bond acceptors (Lipinski definition) is 3. The van der Waals surface area contributed by atoms with Gasteiger partial charge in [0.25, 0.3) is 0 Å². The highest BCUT2D eigenvalue weighted by atomic mass is 19.4. The largest absolute Gasteiger partial charge is 0.489 e. The molecule has 3 nitrogen and oxygen atoms in total. The van der Waals surface area contributed by atoms with E-state index < -0.39 is 17.2 Å². The number of alkyl halides is 3. The highest BCUT2D eigenvalue weighted by Gasteiger charge is 2.36. The van der Waals surface area contributed by atoms with Crippen LogP contribution in [0.1, 0.15) is 52.8 Å². The molecule has 0 aliphatic rings. The van der Waals surface area contributed by atoms with Crippen LogP contribution in [-0.2, 0) is 16.3 Å². The highest BCUT2D eigenvalue weighted by Crippen LogP contribution is 2.37. The summed E-state index contributed by atoms with van der Waals surface area (Å²) in [5.74, 6) is -0.266. The summed E-state index contributed by atoms with van der Waals surface area (Å²) >= 11 is 0. The smallest absolute Gasteiger partial charge is 0.420 e. The van der Waals surface area contributed by atoms with Gasteiger partial charge in [-0.3, -0.25) is 4.98 Å². The predicted octanol–water partition coefficient (Wildman–Crippen LogP) is 4.59. The maximum Gasteiger partial charge on any atom is 0.420 e. The van der Waals surface area contributed by atoms with Gasteiger partial charge in [0.15, 0.2) is 0 Å². The van der Waals surface area contributed by atoms with Crippen LogP contribution >= 0.6 is 0 Å². The Morgan fingerprint density at radius 3 is 2.05 bits per heavy atom. The van der Waals surface area contributed by atoms with Crippen molar-refractivity contribution in [2.24, 2.45) is 0 Å². The van der Waals surface area contributed by atoms with Crippen LogP contribution in [0.25, 0.3) is 0 Å². The fraction of sp³-hybridized carbons (Fsp3) is 0.688. The predicted molar refractivity (Wildman–Crippen MR) is 79.1 cm³/mol. The van der Waals surface area contributed by atoms with Gasteiger partial charge in [0.2, 0.25) is 0 Å². The summed E-state index contributed by atoms with van der Waals surface area (Å²) in [5.41, 5.74) is -1.25. The molecule has 0 atom stereocenters. The zero-order valence-electron chi connectivity index (χ0n) is 14.0. The first-order valence-electron chi connectivity index (χ1n) is 7.15. The van der Waals surface area contributed by atoms with Crippen molar-refractivity contribution in [3.8, 4) is 5.75 Å². The molecule has 0 aliphatic heterocycles. The van der Waals surface area contributed by atoms with Gasteiger partial charge in [-0.05, 0) is 26.8 Å². The summed E-state index contributed by atoms with van der Waals surface area (Å²) < 4.78 is 50.2. The molecule has 1 heterocycles. The van der Waals surface area contributed by atoms with E-state index in [2.05, 4.69) is 4.98 Å². The number of halogens is 3. The lowest BCUT2D eigenvalue weighted by Crippen LogP contribution is -2.23. The van der Waals surface area contributed by atoms with Crippen molar-refractivity contribution >= 4 is 0 Å². The van der Waals surface area contributed by atoms with Gasteiger partial charge < -0.3 is 9.47 Å². The van der Waals surface area contributed by atoms with Crippen LogP contribution in [0, 0.1) is 0 Å². The molecule has 1 aromatic heterocycles. The first-order chi connectivity index (χ1) is 9.81. The molecule has 0 radical (unpaired) electrons. The molecule has 0 spiro atoms. The summed E-state index contributed by atoms with van der Waals surface area (Å²) in [4.78, 5) is 4.09. The standard InChI is InChI=1S/C16H24F3NO2/c1-14(2,3)13-9-11(16(17,18)19)12(10-20-13)21-7-8-22-15(4,5)6/h9-10H,7-8H2,1-6H3. The van der Waals surface area contributed by atoms with Crippen molar-refractivity contribution in [3.63, 3.8) is 0 Å². The molecule has 22 heavy (non-hydrogen) atoms. The molecule has 6 heteroatoms. The number of nitrogens with zero attached hydrogens (tertiary/aromatic N) is 1. The third kappa shape index (κ3) is 5.83. The highest BCUT2D eigenvalue weighted by molar-refractivity contribution is 5.36. The Kier molecular flexibility index (Phi) is 5.49. The summed E-state index contributed by atoms with van der Waals surface area (Å²) in [6.45, 7) is 11.3. The van der Waals surface area contributed by atoms with E-state index in [0.717, 1.165) is 12.3 Å². The molecule has 0 aliphatic carbocycles. The van der Waals surface area contributed by atoms with Gasteiger partial charge >= 0.3 is 6.18 Å². The van der Waals surface area contributed by atoms with E-state index in [4.69, 9.17) is 9.47 Å². The molecular formula is C16H24F3NO2. The lowest BCUT2D eigenvalue weighted by molar-refractivity contribution is -0.139. The molecule has 126 valence electrons. The molecule has 1 aromatic rings. The average molecular weight is 319 g/mol. The zero-order chi connectivity index (χ0) is 17.2. The normalized spacial score (nSPS) is 13.3. The van der Waals surface area contributed by atoms with E-state index in [-0.39, 0.29) is 24.6 Å². The van der Waals surface area contributed by atoms with Crippen LogP contribution in [-0.4, -0.2) is 23.8 Å². The molecule has 0 unspecified atom stereocenters. The first kappa shape index (κ1) is 18.7. The van der Waals surface area contributed by atoms with Crippen LogP contribution in [0.3, 0.4) is 0 Å². The quantitative estimate of drug-likeness (QED) is 0.761. The van der Waals surface area contributed by atoms with Crippen molar-refractivity contribution in [1.29, 1.82) is 0 Å². The first-order valence-corrected chi connectivity index (χ1v) is 7.15. The summed E-state index contributed by atoms with van der Waals surface area (Å²) in [6.07, 6.45) is -3.34. The molecule has 0 fully saturated rings. The third-order valence-electron chi connectivity index (χ3n) is 2.82. The second-order valence-electron chi connectivity index (χ2n) is 7.12. The Balaban J connectivity index is 2.91. The van der Waals surface area contributed by atoms with Gasteiger partial charge in [-0.2, -0.15) is 13.2 Å². The van der Waals surface area contributed by atoms with Crippen LogP contribution in [0.2, 0.25) is 0 Å². The van der Waals surface area contributed by atoms with Crippen LogP contribution < -0.4 is 4.74 Å². The molecule has 0 aromatic carbocycles. The number of rotatable bonds is 4. The van der Waals surface area contributed by atoms with Crippen molar-refractivity contribution < 1.29 is 22.6 Å². The summed E-state index contributed by atoms with van der Waals surface area (Å²) in [7, 11) is 0. The van der Waals surface area contributed by atoms with E-state index in [1.54, 1.807) is 0 Å². The van der Waals surface area contributed by atoms with E-state index >= 15 is 0 Å². The average Bonchev–Trinajstić information content (AvgIpc) is 2.31. The van der Waals surface area contributed by atoms with E-state index in [1.807, 2.05) is 41.5 Å². The van der Waals surface area contributed by atoms with Gasteiger partial charge in [-0.25, -0.2) is 0 Å². The minimum atomic E-state index is -4.48. The minimum absolute atomic E-state index is 0.0386. The maximum absolute atomic E-state index is 13.2. The summed E-state index contributed by atoms with van der Waals surface area (Å²) in [6, 6.07) is 1.06. The molecule has 1 rings (SSSR count). The van der Waals surface area contributed by atoms with Gasteiger partial charge in [0.05, 0.1) is 18.4 Å². The fourth-order valence-electron chi connectivity index (χ4n) is 1.69. The minimum Gasteiger partial charge on any atom is -0.489 e. The van der Waals surface area contributed by atoms with Gasteiger partial charge in [-0.15, -0.1) is 0 Å². The fourth-order valence-corrected chi connectivity index (χ4v) is 1.69. The molecular weight excluding hydrogens is 295 g/mol. The van der Waals surface area contributed by atoms with Gasteiger partial charge in [0.1, 0.15) is 17.9 Å². The lowest BCUT2D eigenvalue weighted by Gasteiger charge is -2.22. The van der Waals surface area contributed by atoms with E-state index in [0.29, 0.717) is 5.69 Å². The zero-order valence-corrected chi connectivity index (χ0v) is 14.0. The van der Waals surface area contributed by atoms with Crippen LogP contribution in [0.15, 0.2) is 12.3 Å². The number of ether oxygens (including phenoxy) is 2. The Labute approximate surface area is 129 Å². The molecule has 0 bridgehead atoms. The van der Waals surface area contributed by atoms with Gasteiger partial charge in [-0.1, -0.05) is 20.8 Å². The molecule has 0 saturated carbocycles. The van der Waals surface area contributed by atoms with Crippen LogP contribution in [0.4, 0.5) is 13.2 Å². The molecule has 0 N–H and O–H groups in total. The van der Waals surface area contributed by atoms with Crippen molar-refractivity contribution in [2.75, 3.05) is 13.2 Å². The monoisotopic (exact) mass is 319 g/mol. The second kappa shape index (κ2) is 6.44. The Hall–Kier alpha value is -1.30. The van der Waals surface area contributed by atoms with Crippen molar-refractivity contribution in [3.05, 3.63) is 23.5 Å². The SMILES string of the molecule is CC(C)(C)OCCOc1cnc(C(C)(C)C)cc1C(F)(F)F. The molecule has 0 saturated heterocycles. The van der Waals surface area contributed by atoms with E-state index in [1.165, 1.54) is 0 Å². The Morgan fingerprint density at radius 2 is 1.59 bits per heavy atom. The topological polar surface area (TPSA) is 31.4 Å². The van der Waals surface area contributed by atoms with Crippen molar-refractivity contribution in [2.45, 2.75) is 58.7 Å². The second-order valence-corrected chi connectivity index (χ2v) is 7.12. The summed E-state index contributed by atoms with van der Waals surface area (Å²) in [5, 5.41) is 0. The third-order valence-corrected chi connectivity index (χ3v) is 2.82. The Bertz CT molecular complexity index is 500.